The molecular formula is C31H38ClN5O4S. The van der Waals surface area contributed by atoms with Gasteiger partial charge >= 0.3 is 0 Å². The van der Waals surface area contributed by atoms with Gasteiger partial charge in [0.05, 0.1) is 45.9 Å². The molecule has 4 heterocycles. The molecule has 0 N–H and O–H groups in total. The molecule has 224 valence electrons. The van der Waals surface area contributed by atoms with Gasteiger partial charge in [0.2, 0.25) is 5.91 Å². The van der Waals surface area contributed by atoms with E-state index in [9.17, 15) is 9.00 Å². The lowest BCUT2D eigenvalue weighted by atomic mass is 10.0. The van der Waals surface area contributed by atoms with Gasteiger partial charge in [-0.05, 0) is 69.0 Å². The molecule has 2 aromatic heterocycles. The van der Waals surface area contributed by atoms with Crippen molar-refractivity contribution in [2.24, 2.45) is 0 Å². The first-order valence-electron chi connectivity index (χ1n) is 14.5. The Bertz CT molecular complexity index is 1610. The number of nitrogens with zero attached hydrogens (tertiary/aromatic N) is 5. The Balaban J connectivity index is 0.00000173. The minimum atomic E-state index is -0.996. The number of methoxy groups -OCH3 is 1. The van der Waals surface area contributed by atoms with E-state index in [4.69, 9.17) is 25.8 Å². The molecule has 4 aromatic rings. The third kappa shape index (κ3) is 5.47. The zero-order valence-corrected chi connectivity index (χ0v) is 26.6. The summed E-state index contributed by atoms with van der Waals surface area (Å²) in [6, 6.07) is 11.7. The van der Waals surface area contributed by atoms with Gasteiger partial charge in [-0.3, -0.25) is 4.79 Å². The predicted molar refractivity (Wildman–Crippen MR) is 167 cm³/mol. The molecule has 0 spiro atoms. The van der Waals surface area contributed by atoms with Crippen LogP contribution in [0.4, 0.5) is 5.69 Å². The number of hydrogen-bond donors (Lipinski definition) is 0. The van der Waals surface area contributed by atoms with Gasteiger partial charge in [-0.2, -0.15) is 0 Å². The number of rotatable bonds is 6. The highest BCUT2D eigenvalue weighted by Gasteiger charge is 2.38. The highest BCUT2D eigenvalue weighted by atomic mass is 35.5. The lowest BCUT2D eigenvalue weighted by Crippen LogP contribution is -2.36. The Labute approximate surface area is 254 Å². The molecule has 1 amide bonds. The molecule has 1 unspecified atom stereocenters. The summed E-state index contributed by atoms with van der Waals surface area (Å²) in [7, 11) is 0.577. The van der Waals surface area contributed by atoms with Crippen molar-refractivity contribution in [1.82, 2.24) is 19.0 Å². The molecule has 2 aromatic carbocycles. The SMILES string of the molecule is CC.COc1ccc(N2C(=O)CC[C@H]2c2nc3cc(-c4c(C)noc4C)ccc3n2C2CCN(S(C)=O)CC2)cc1Cl. The second-order valence-corrected chi connectivity index (χ2v) is 12.2. The fourth-order valence-corrected chi connectivity index (χ4v) is 7.18. The molecule has 0 aliphatic carbocycles. The number of benzene rings is 2. The van der Waals surface area contributed by atoms with Crippen molar-refractivity contribution >= 4 is 45.2 Å². The lowest BCUT2D eigenvalue weighted by molar-refractivity contribution is -0.117. The number of aromatic nitrogens is 3. The van der Waals surface area contributed by atoms with E-state index >= 15 is 0 Å². The standard InChI is InChI=1S/C29H32ClN5O4S.C2H6/c1-17-28(18(2)39-32-17)19-5-7-24-23(15-19)31-29(35(24)20-11-13-33(14-12-20)40(4)37)25-8-10-27(36)34(25)21-6-9-26(38-3)22(30)16-21;1-2/h5-7,9,15-16,20,25H,8,10-14H2,1-4H3;1-2H3/t25-,40?;/m0./s1. The van der Waals surface area contributed by atoms with Crippen LogP contribution in [0.25, 0.3) is 22.2 Å². The summed E-state index contributed by atoms with van der Waals surface area (Å²) in [5, 5.41) is 4.58. The first-order chi connectivity index (χ1) is 20.3. The van der Waals surface area contributed by atoms with Crippen molar-refractivity contribution in [2.75, 3.05) is 31.4 Å². The Kier molecular flexibility index (Phi) is 9.05. The number of piperidine rings is 1. The van der Waals surface area contributed by atoms with Crippen LogP contribution < -0.4 is 9.64 Å². The number of halogens is 1. The van der Waals surface area contributed by atoms with Gasteiger partial charge in [0.1, 0.15) is 17.3 Å². The molecule has 9 nitrogen and oxygen atoms in total. The third-order valence-corrected chi connectivity index (χ3v) is 9.50. The fourth-order valence-electron chi connectivity index (χ4n) is 6.20. The molecular weight excluding hydrogens is 574 g/mol. The van der Waals surface area contributed by atoms with Crippen molar-refractivity contribution in [2.45, 2.75) is 65.5 Å². The lowest BCUT2D eigenvalue weighted by Gasteiger charge is -2.33. The normalized spacial score (nSPS) is 18.8. The number of carbonyl (C=O) groups is 1. The smallest absolute Gasteiger partial charge is 0.227 e. The van der Waals surface area contributed by atoms with Crippen LogP contribution in [0, 0.1) is 13.8 Å². The number of amides is 1. The number of aryl methyl sites for hydroxylation is 2. The highest BCUT2D eigenvalue weighted by Crippen LogP contribution is 2.42. The number of imidazole rings is 1. The maximum Gasteiger partial charge on any atom is 0.227 e. The average molecular weight is 612 g/mol. The van der Waals surface area contributed by atoms with E-state index < -0.39 is 11.0 Å². The van der Waals surface area contributed by atoms with Crippen LogP contribution in [-0.4, -0.2) is 55.6 Å². The monoisotopic (exact) mass is 611 g/mol. The largest absolute Gasteiger partial charge is 0.495 e. The van der Waals surface area contributed by atoms with E-state index in [1.54, 1.807) is 25.5 Å². The van der Waals surface area contributed by atoms with Gasteiger partial charge in [-0.15, -0.1) is 0 Å². The van der Waals surface area contributed by atoms with Crippen LogP contribution in [0.5, 0.6) is 5.75 Å². The van der Waals surface area contributed by atoms with E-state index in [2.05, 4.69) is 27.9 Å². The molecule has 2 saturated heterocycles. The second kappa shape index (κ2) is 12.6. The minimum Gasteiger partial charge on any atom is -0.495 e. The maximum absolute atomic E-state index is 13.3. The van der Waals surface area contributed by atoms with E-state index in [1.807, 2.05) is 43.0 Å². The van der Waals surface area contributed by atoms with Crippen LogP contribution in [0.3, 0.4) is 0 Å². The Morgan fingerprint density at radius 3 is 2.43 bits per heavy atom. The van der Waals surface area contributed by atoms with Gasteiger partial charge in [-0.25, -0.2) is 13.5 Å². The fraction of sp³-hybridized carbons (Fsp3) is 0.452. The van der Waals surface area contributed by atoms with Crippen molar-refractivity contribution in [3.63, 3.8) is 0 Å². The van der Waals surface area contributed by atoms with Gasteiger partial charge in [0.15, 0.2) is 0 Å². The topological polar surface area (TPSA) is 93.7 Å². The number of fused-ring (bicyclic) bond motifs is 1. The quantitative estimate of drug-likeness (QED) is 0.238. The molecule has 2 fully saturated rings. The Hall–Kier alpha value is -3.21. The molecule has 2 atom stereocenters. The third-order valence-electron chi connectivity index (χ3n) is 8.11. The van der Waals surface area contributed by atoms with E-state index in [1.165, 1.54) is 0 Å². The summed E-state index contributed by atoms with van der Waals surface area (Å²) < 4.78 is 27.2. The predicted octanol–water partition coefficient (Wildman–Crippen LogP) is 6.79. The molecule has 2 aliphatic heterocycles. The van der Waals surface area contributed by atoms with E-state index in [0.29, 0.717) is 23.6 Å². The average Bonchev–Trinajstić information content (AvgIpc) is 3.67. The van der Waals surface area contributed by atoms with Crippen molar-refractivity contribution in [3.8, 4) is 16.9 Å². The minimum absolute atomic E-state index is 0.0393. The molecule has 0 bridgehead atoms. The Morgan fingerprint density at radius 1 is 1.07 bits per heavy atom. The van der Waals surface area contributed by atoms with Gasteiger partial charge in [0.25, 0.3) is 0 Å². The van der Waals surface area contributed by atoms with Gasteiger partial charge < -0.3 is 18.7 Å². The summed E-state index contributed by atoms with van der Waals surface area (Å²) in [6.07, 6.45) is 4.50. The number of ether oxygens (including phenoxy) is 1. The summed E-state index contributed by atoms with van der Waals surface area (Å²) in [5.74, 6) is 2.23. The zero-order valence-electron chi connectivity index (χ0n) is 25.0. The summed E-state index contributed by atoms with van der Waals surface area (Å²) in [5.41, 5.74) is 5.42. The number of hydrogen-bond acceptors (Lipinski definition) is 6. The molecule has 0 saturated carbocycles. The molecule has 11 heteroatoms. The second-order valence-electron chi connectivity index (χ2n) is 10.5. The first kappa shape index (κ1) is 30.3. The molecule has 2 aliphatic rings. The Morgan fingerprint density at radius 2 is 1.81 bits per heavy atom. The van der Waals surface area contributed by atoms with Crippen LogP contribution in [0.2, 0.25) is 5.02 Å². The maximum atomic E-state index is 13.3. The molecule has 42 heavy (non-hydrogen) atoms. The number of carbonyl (C=O) groups excluding carboxylic acids is 1. The molecule has 0 radical (unpaired) electrons. The summed E-state index contributed by atoms with van der Waals surface area (Å²) in [6.45, 7) is 9.33. The van der Waals surface area contributed by atoms with Crippen LogP contribution in [0.1, 0.15) is 68.9 Å². The van der Waals surface area contributed by atoms with Gasteiger partial charge in [-0.1, -0.05) is 36.7 Å². The summed E-state index contributed by atoms with van der Waals surface area (Å²) >= 11 is 6.47. The first-order valence-corrected chi connectivity index (χ1v) is 16.3. The van der Waals surface area contributed by atoms with E-state index in [-0.39, 0.29) is 18.0 Å². The number of anilines is 1. The molecule has 6 rings (SSSR count). The van der Waals surface area contributed by atoms with Crippen LogP contribution >= 0.6 is 11.6 Å². The summed E-state index contributed by atoms with van der Waals surface area (Å²) in [4.78, 5) is 20.3. The zero-order chi connectivity index (χ0) is 30.1. The van der Waals surface area contributed by atoms with Crippen molar-refractivity contribution in [3.05, 3.63) is 58.7 Å². The highest BCUT2D eigenvalue weighted by molar-refractivity contribution is 7.81. The van der Waals surface area contributed by atoms with E-state index in [0.717, 1.165) is 71.1 Å². The van der Waals surface area contributed by atoms with Gasteiger partial charge in [0, 0.05) is 43.1 Å². The van der Waals surface area contributed by atoms with Crippen molar-refractivity contribution < 1.29 is 18.3 Å². The van der Waals surface area contributed by atoms with Crippen LogP contribution in [0.15, 0.2) is 40.9 Å². The van der Waals surface area contributed by atoms with Crippen molar-refractivity contribution in [1.29, 1.82) is 0 Å². The van der Waals surface area contributed by atoms with Crippen LogP contribution in [-0.2, 0) is 15.8 Å².